The van der Waals surface area contributed by atoms with Crippen molar-refractivity contribution < 1.29 is 23.8 Å². The molecule has 192 valence electrons. The number of methoxy groups -OCH3 is 1. The van der Waals surface area contributed by atoms with Crippen LogP contribution in [-0.4, -0.2) is 66.0 Å². The largest absolute Gasteiger partial charge is 0.468 e. The van der Waals surface area contributed by atoms with Crippen LogP contribution in [0.2, 0.25) is 0 Å². The van der Waals surface area contributed by atoms with Crippen LogP contribution in [0.15, 0.2) is 0 Å². The first-order valence-corrected chi connectivity index (χ1v) is 12.8. The second-order valence-electron chi connectivity index (χ2n) is 11.7. The molecule has 2 atom stereocenters. The SMILES string of the molecule is COC(=O)C(C)(C)NC1CCC(CCCOC2C[C@@H](C)N(C(=O)OC(C)(C)C)[C@H](C)C2)CC1. The number of carbonyl (C=O) groups excluding carboxylic acids is 2. The fourth-order valence-electron chi connectivity index (χ4n) is 5.37. The monoisotopic (exact) mass is 468 g/mol. The summed E-state index contributed by atoms with van der Waals surface area (Å²) >= 11 is 0. The number of esters is 1. The molecule has 0 spiro atoms. The molecule has 1 saturated heterocycles. The maximum absolute atomic E-state index is 12.6. The van der Waals surface area contributed by atoms with Crippen LogP contribution in [0, 0.1) is 5.92 Å². The van der Waals surface area contributed by atoms with E-state index in [1.807, 2.05) is 39.5 Å². The van der Waals surface area contributed by atoms with Gasteiger partial charge in [-0.2, -0.15) is 0 Å². The van der Waals surface area contributed by atoms with Gasteiger partial charge in [-0.25, -0.2) is 4.79 Å². The van der Waals surface area contributed by atoms with Gasteiger partial charge in [-0.3, -0.25) is 10.1 Å². The second-order valence-corrected chi connectivity index (χ2v) is 11.7. The Labute approximate surface area is 201 Å². The van der Waals surface area contributed by atoms with E-state index in [4.69, 9.17) is 14.2 Å². The fourth-order valence-corrected chi connectivity index (χ4v) is 5.37. The number of likely N-dealkylation sites (tertiary alicyclic amines) is 1. The van der Waals surface area contributed by atoms with Crippen molar-refractivity contribution in [3.63, 3.8) is 0 Å². The fraction of sp³-hybridized carbons (Fsp3) is 0.923. The molecule has 1 heterocycles. The van der Waals surface area contributed by atoms with E-state index in [1.54, 1.807) is 0 Å². The normalized spacial score (nSPS) is 29.0. The molecule has 33 heavy (non-hydrogen) atoms. The molecule has 0 radical (unpaired) electrons. The van der Waals surface area contributed by atoms with Crippen molar-refractivity contribution in [1.82, 2.24) is 10.2 Å². The third-order valence-electron chi connectivity index (χ3n) is 6.98. The van der Waals surface area contributed by atoms with Gasteiger partial charge in [0.25, 0.3) is 0 Å². The molecule has 0 aromatic heterocycles. The molecule has 1 N–H and O–H groups in total. The molecule has 2 aliphatic rings. The quantitative estimate of drug-likeness (QED) is 0.396. The molecule has 0 aromatic rings. The van der Waals surface area contributed by atoms with E-state index >= 15 is 0 Å². The predicted molar refractivity (Wildman–Crippen MR) is 130 cm³/mol. The Balaban J connectivity index is 1.65. The predicted octanol–water partition coefficient (Wildman–Crippen LogP) is 5.06. The van der Waals surface area contributed by atoms with Crippen molar-refractivity contribution in [1.29, 1.82) is 0 Å². The van der Waals surface area contributed by atoms with Gasteiger partial charge in [0.2, 0.25) is 0 Å². The summed E-state index contributed by atoms with van der Waals surface area (Å²) < 4.78 is 16.7. The van der Waals surface area contributed by atoms with Crippen LogP contribution in [0.3, 0.4) is 0 Å². The molecule has 0 bridgehead atoms. The van der Waals surface area contributed by atoms with Crippen LogP contribution >= 0.6 is 0 Å². The summed E-state index contributed by atoms with van der Waals surface area (Å²) in [6, 6.07) is 0.612. The minimum Gasteiger partial charge on any atom is -0.468 e. The minimum absolute atomic E-state index is 0.116. The summed E-state index contributed by atoms with van der Waals surface area (Å²) in [6.45, 7) is 14.5. The van der Waals surface area contributed by atoms with Gasteiger partial charge in [0.05, 0.1) is 13.2 Å². The van der Waals surface area contributed by atoms with Crippen LogP contribution in [-0.2, 0) is 19.0 Å². The van der Waals surface area contributed by atoms with E-state index in [2.05, 4.69) is 19.2 Å². The van der Waals surface area contributed by atoms with Gasteiger partial charge in [0, 0.05) is 24.7 Å². The lowest BCUT2D eigenvalue weighted by Gasteiger charge is -2.42. The first-order valence-electron chi connectivity index (χ1n) is 12.8. The van der Waals surface area contributed by atoms with Crippen molar-refractivity contribution >= 4 is 12.1 Å². The zero-order valence-electron chi connectivity index (χ0n) is 22.2. The summed E-state index contributed by atoms with van der Waals surface area (Å²) in [5, 5.41) is 3.47. The Hall–Kier alpha value is -1.34. The van der Waals surface area contributed by atoms with Crippen molar-refractivity contribution in [2.45, 2.75) is 135 Å². The minimum atomic E-state index is -0.632. The van der Waals surface area contributed by atoms with Crippen molar-refractivity contribution in [3.8, 4) is 0 Å². The molecule has 0 unspecified atom stereocenters. The number of amides is 1. The number of hydrogen-bond acceptors (Lipinski definition) is 6. The zero-order valence-corrected chi connectivity index (χ0v) is 22.2. The maximum atomic E-state index is 12.6. The lowest BCUT2D eigenvalue weighted by atomic mass is 9.82. The summed E-state index contributed by atoms with van der Waals surface area (Å²) in [5.41, 5.74) is -1.11. The Bertz CT molecular complexity index is 625. The highest BCUT2D eigenvalue weighted by molar-refractivity contribution is 5.79. The topological polar surface area (TPSA) is 77.1 Å². The van der Waals surface area contributed by atoms with Gasteiger partial charge >= 0.3 is 12.1 Å². The lowest BCUT2D eigenvalue weighted by Crippen LogP contribution is -2.53. The van der Waals surface area contributed by atoms with E-state index in [1.165, 1.54) is 26.4 Å². The molecule has 2 fully saturated rings. The van der Waals surface area contributed by atoms with Crippen molar-refractivity contribution in [3.05, 3.63) is 0 Å². The van der Waals surface area contributed by atoms with E-state index in [0.29, 0.717) is 6.04 Å². The first-order chi connectivity index (χ1) is 15.3. The van der Waals surface area contributed by atoms with E-state index in [-0.39, 0.29) is 30.3 Å². The Morgan fingerprint density at radius 3 is 2.06 bits per heavy atom. The number of ether oxygens (including phenoxy) is 3. The van der Waals surface area contributed by atoms with Crippen molar-refractivity contribution in [2.24, 2.45) is 5.92 Å². The highest BCUT2D eigenvalue weighted by Gasteiger charge is 2.37. The van der Waals surface area contributed by atoms with Gasteiger partial charge in [0.15, 0.2) is 0 Å². The van der Waals surface area contributed by atoms with Crippen LogP contribution in [0.25, 0.3) is 0 Å². The second kappa shape index (κ2) is 11.9. The summed E-state index contributed by atoms with van der Waals surface area (Å²) in [6.07, 6.45) is 8.55. The van der Waals surface area contributed by atoms with Crippen molar-refractivity contribution in [2.75, 3.05) is 13.7 Å². The Morgan fingerprint density at radius 1 is 0.970 bits per heavy atom. The third kappa shape index (κ3) is 8.75. The standard InChI is InChI=1S/C26H48N2O5/c1-18-16-22(17-19(2)28(18)24(30)33-25(3,4)5)32-15-9-10-20-11-13-21(14-12-20)27-26(6,7)23(29)31-8/h18-22,27H,9-17H2,1-8H3/t18-,19-,20?,21?/m1/s1. The first kappa shape index (κ1) is 27.9. The Morgan fingerprint density at radius 2 is 1.55 bits per heavy atom. The summed E-state index contributed by atoms with van der Waals surface area (Å²) in [7, 11) is 1.44. The number of rotatable bonds is 8. The van der Waals surface area contributed by atoms with Gasteiger partial charge in [-0.05, 0) is 106 Å². The summed E-state index contributed by atoms with van der Waals surface area (Å²) in [5.74, 6) is 0.530. The van der Waals surface area contributed by atoms with E-state index in [0.717, 1.165) is 44.6 Å². The zero-order chi connectivity index (χ0) is 24.8. The molecular weight excluding hydrogens is 420 g/mol. The van der Waals surface area contributed by atoms with Crippen LogP contribution in [0.4, 0.5) is 4.79 Å². The molecule has 1 aliphatic heterocycles. The van der Waals surface area contributed by atoms with Crippen LogP contribution in [0.5, 0.6) is 0 Å². The highest BCUT2D eigenvalue weighted by atomic mass is 16.6. The number of piperidine rings is 1. The maximum Gasteiger partial charge on any atom is 0.410 e. The number of hydrogen-bond donors (Lipinski definition) is 1. The van der Waals surface area contributed by atoms with Gasteiger partial charge in [0.1, 0.15) is 11.1 Å². The third-order valence-corrected chi connectivity index (χ3v) is 6.98. The molecule has 1 saturated carbocycles. The highest BCUT2D eigenvalue weighted by Crippen LogP contribution is 2.30. The van der Waals surface area contributed by atoms with Crippen LogP contribution in [0.1, 0.15) is 99.8 Å². The summed E-state index contributed by atoms with van der Waals surface area (Å²) in [4.78, 5) is 26.3. The number of nitrogens with zero attached hydrogens (tertiary/aromatic N) is 1. The smallest absolute Gasteiger partial charge is 0.410 e. The van der Waals surface area contributed by atoms with Crippen LogP contribution < -0.4 is 5.32 Å². The average molecular weight is 469 g/mol. The molecule has 1 aliphatic carbocycles. The number of carbonyl (C=O) groups is 2. The molecule has 1 amide bonds. The average Bonchev–Trinajstić information content (AvgIpc) is 2.69. The van der Waals surface area contributed by atoms with E-state index in [9.17, 15) is 9.59 Å². The van der Waals surface area contributed by atoms with Gasteiger partial charge in [-0.15, -0.1) is 0 Å². The molecule has 7 heteroatoms. The lowest BCUT2D eigenvalue weighted by molar-refractivity contribution is -0.147. The van der Waals surface area contributed by atoms with Gasteiger partial charge in [-0.1, -0.05) is 0 Å². The van der Waals surface area contributed by atoms with E-state index < -0.39 is 11.1 Å². The molecule has 2 rings (SSSR count). The number of nitrogens with one attached hydrogen (secondary N) is 1. The van der Waals surface area contributed by atoms with Gasteiger partial charge < -0.3 is 19.1 Å². The molecule has 0 aromatic carbocycles. The molecular formula is C26H48N2O5. The molecule has 7 nitrogen and oxygen atoms in total. The Kier molecular flexibility index (Phi) is 10.0.